The van der Waals surface area contributed by atoms with Gasteiger partial charge < -0.3 is 18.8 Å². The maximum atomic E-state index is 12.4. The lowest BCUT2D eigenvalue weighted by molar-refractivity contribution is -0.195. The third kappa shape index (κ3) is 5.02. The molecule has 2 rings (SSSR count). The van der Waals surface area contributed by atoms with Gasteiger partial charge in [0.05, 0.1) is 12.2 Å². The predicted molar refractivity (Wildman–Crippen MR) is 90.5 cm³/mol. The summed E-state index contributed by atoms with van der Waals surface area (Å²) in [4.78, 5) is 37.3. The number of carbonyl (C=O) groups excluding carboxylic acids is 1. The van der Waals surface area contributed by atoms with Gasteiger partial charge in [-0.2, -0.15) is 0 Å². The highest BCUT2D eigenvalue weighted by Crippen LogP contribution is 2.37. The minimum Gasteiger partial charge on any atom is -0.461 e. The van der Waals surface area contributed by atoms with E-state index in [0.717, 1.165) is 6.42 Å². The van der Waals surface area contributed by atoms with Crippen LogP contribution in [-0.4, -0.2) is 47.0 Å². The van der Waals surface area contributed by atoms with E-state index < -0.39 is 16.9 Å². The van der Waals surface area contributed by atoms with Crippen LogP contribution in [0.15, 0.2) is 21.9 Å². The number of nitrogens with zero attached hydrogens (tertiary/aromatic N) is 1. The maximum absolute atomic E-state index is 12.4. The van der Waals surface area contributed by atoms with Crippen molar-refractivity contribution in [3.05, 3.63) is 33.1 Å². The van der Waals surface area contributed by atoms with E-state index in [2.05, 4.69) is 4.98 Å². The summed E-state index contributed by atoms with van der Waals surface area (Å²) in [6, 6.07) is 1.28. The van der Waals surface area contributed by atoms with Gasteiger partial charge in [0.1, 0.15) is 6.61 Å². The van der Waals surface area contributed by atoms with E-state index in [1.165, 1.54) is 23.9 Å². The normalized spacial score (nSPS) is 17.1. The average molecular weight is 354 g/mol. The number of H-pyrrole nitrogens is 1. The first-order chi connectivity index (χ1) is 11.9. The highest BCUT2D eigenvalue weighted by molar-refractivity contribution is 5.80. The lowest BCUT2D eigenvalue weighted by Gasteiger charge is -2.40. The fourth-order valence-corrected chi connectivity index (χ4v) is 2.79. The van der Waals surface area contributed by atoms with Crippen molar-refractivity contribution in [2.45, 2.75) is 63.9 Å². The lowest BCUT2D eigenvalue weighted by atomic mass is 9.80. The van der Waals surface area contributed by atoms with E-state index in [1.54, 1.807) is 0 Å². The van der Waals surface area contributed by atoms with Crippen LogP contribution in [0, 0.1) is 0 Å². The third-order valence-corrected chi connectivity index (χ3v) is 4.32. The smallest absolute Gasteiger partial charge is 0.338 e. The second-order valence-corrected chi connectivity index (χ2v) is 6.56. The average Bonchev–Trinajstić information content (AvgIpc) is 2.52. The van der Waals surface area contributed by atoms with E-state index in [9.17, 15) is 14.4 Å². The Morgan fingerprint density at radius 3 is 2.60 bits per heavy atom. The number of hydrogen-bond donors (Lipinski definition) is 1. The molecule has 8 heteroatoms. The molecular formula is C17H26N2O6. The predicted octanol–water partition coefficient (Wildman–Crippen LogP) is 0.833. The van der Waals surface area contributed by atoms with Gasteiger partial charge >= 0.3 is 11.7 Å². The van der Waals surface area contributed by atoms with Gasteiger partial charge in [0.2, 0.25) is 0 Å². The molecule has 1 unspecified atom stereocenters. The fraction of sp³-hybridized carbons (Fsp3) is 0.706. The number of ether oxygens (including phenoxy) is 3. The standard InChI is InChI=1S/C17H26N2O6/c1-12(2)25-17(7-4-8-17)15(21)24-11-13(23-3)5-9-19-10-6-14(20)18-16(19)22/h6,10,12-13H,4-5,7-9,11H2,1-3H3,(H,18,20,22). The topological polar surface area (TPSA) is 99.6 Å². The number of aryl methyl sites for hydroxylation is 1. The Kier molecular flexibility index (Phi) is 6.55. The molecule has 1 N–H and O–H groups in total. The summed E-state index contributed by atoms with van der Waals surface area (Å²) < 4.78 is 17.9. The molecule has 0 aliphatic heterocycles. The van der Waals surface area contributed by atoms with Crippen molar-refractivity contribution in [3.63, 3.8) is 0 Å². The summed E-state index contributed by atoms with van der Waals surface area (Å²) in [5.74, 6) is -0.351. The van der Waals surface area contributed by atoms with Crippen LogP contribution in [-0.2, 0) is 25.5 Å². The number of aromatic amines is 1. The fourth-order valence-electron chi connectivity index (χ4n) is 2.79. The molecule has 1 aliphatic rings. The van der Waals surface area contributed by atoms with Crippen LogP contribution in [0.4, 0.5) is 0 Å². The molecule has 25 heavy (non-hydrogen) atoms. The molecule has 0 bridgehead atoms. The summed E-state index contributed by atoms with van der Waals surface area (Å²) in [6.45, 7) is 4.23. The van der Waals surface area contributed by atoms with Crippen LogP contribution in [0.1, 0.15) is 39.5 Å². The Hall–Kier alpha value is -1.93. The van der Waals surface area contributed by atoms with Gasteiger partial charge in [-0.15, -0.1) is 0 Å². The molecule has 1 heterocycles. The molecule has 1 atom stereocenters. The van der Waals surface area contributed by atoms with Crippen LogP contribution in [0.2, 0.25) is 0 Å². The number of carbonyl (C=O) groups is 1. The first-order valence-electron chi connectivity index (χ1n) is 8.54. The van der Waals surface area contributed by atoms with Crippen molar-refractivity contribution in [3.8, 4) is 0 Å². The Bertz CT molecular complexity index is 689. The maximum Gasteiger partial charge on any atom is 0.338 e. The Balaban J connectivity index is 1.86. The summed E-state index contributed by atoms with van der Waals surface area (Å²) in [5, 5.41) is 0. The molecule has 1 saturated carbocycles. The molecule has 8 nitrogen and oxygen atoms in total. The number of rotatable bonds is 9. The van der Waals surface area contributed by atoms with Crippen molar-refractivity contribution in [1.82, 2.24) is 9.55 Å². The highest BCUT2D eigenvalue weighted by Gasteiger charge is 2.47. The second-order valence-electron chi connectivity index (χ2n) is 6.56. The zero-order valence-corrected chi connectivity index (χ0v) is 14.9. The molecule has 1 aromatic rings. The Morgan fingerprint density at radius 1 is 1.36 bits per heavy atom. The van der Waals surface area contributed by atoms with E-state index in [1.807, 2.05) is 13.8 Å². The van der Waals surface area contributed by atoms with Gasteiger partial charge in [-0.3, -0.25) is 9.78 Å². The van der Waals surface area contributed by atoms with Gasteiger partial charge in [0.25, 0.3) is 5.56 Å². The zero-order chi connectivity index (χ0) is 18.4. The molecular weight excluding hydrogens is 328 g/mol. The van der Waals surface area contributed by atoms with Gasteiger partial charge in [-0.25, -0.2) is 9.59 Å². The molecule has 1 aliphatic carbocycles. The van der Waals surface area contributed by atoms with E-state index >= 15 is 0 Å². The summed E-state index contributed by atoms with van der Waals surface area (Å²) >= 11 is 0. The van der Waals surface area contributed by atoms with Crippen molar-refractivity contribution in [2.75, 3.05) is 13.7 Å². The van der Waals surface area contributed by atoms with E-state index in [4.69, 9.17) is 14.2 Å². The van der Waals surface area contributed by atoms with Crippen LogP contribution in [0.25, 0.3) is 0 Å². The lowest BCUT2D eigenvalue weighted by Crippen LogP contribution is -2.50. The quantitative estimate of drug-likeness (QED) is 0.660. The third-order valence-electron chi connectivity index (χ3n) is 4.32. The number of esters is 1. The molecule has 1 aromatic heterocycles. The summed E-state index contributed by atoms with van der Waals surface area (Å²) in [6.07, 6.45) is 3.80. The Labute approximate surface area is 146 Å². The number of nitrogens with one attached hydrogen (secondary N) is 1. The largest absolute Gasteiger partial charge is 0.461 e. The first kappa shape index (κ1) is 19.4. The summed E-state index contributed by atoms with van der Waals surface area (Å²) in [7, 11) is 1.53. The van der Waals surface area contributed by atoms with Crippen LogP contribution in [0.5, 0.6) is 0 Å². The molecule has 0 spiro atoms. The molecule has 140 valence electrons. The van der Waals surface area contributed by atoms with Gasteiger partial charge in [-0.05, 0) is 39.5 Å². The van der Waals surface area contributed by atoms with Crippen molar-refractivity contribution < 1.29 is 19.0 Å². The van der Waals surface area contributed by atoms with Crippen molar-refractivity contribution in [1.29, 1.82) is 0 Å². The molecule has 0 amide bonds. The molecule has 0 saturated heterocycles. The minimum atomic E-state index is -0.817. The van der Waals surface area contributed by atoms with Gasteiger partial charge in [0.15, 0.2) is 5.60 Å². The number of aromatic nitrogens is 2. The molecule has 0 aromatic carbocycles. The zero-order valence-electron chi connectivity index (χ0n) is 14.9. The van der Waals surface area contributed by atoms with Crippen LogP contribution < -0.4 is 11.2 Å². The van der Waals surface area contributed by atoms with Crippen molar-refractivity contribution >= 4 is 5.97 Å². The SMILES string of the molecule is COC(CCn1ccc(=O)[nH]c1=O)COC(=O)C1(OC(C)C)CCC1. The van der Waals surface area contributed by atoms with Crippen LogP contribution in [0.3, 0.4) is 0 Å². The Morgan fingerprint density at radius 2 is 2.08 bits per heavy atom. The van der Waals surface area contributed by atoms with Crippen LogP contribution >= 0.6 is 0 Å². The molecule has 1 fully saturated rings. The second kappa shape index (κ2) is 8.44. The first-order valence-corrected chi connectivity index (χ1v) is 8.54. The monoisotopic (exact) mass is 354 g/mol. The number of hydrogen-bond acceptors (Lipinski definition) is 6. The number of methoxy groups -OCH3 is 1. The van der Waals surface area contributed by atoms with Gasteiger partial charge in [-0.1, -0.05) is 0 Å². The van der Waals surface area contributed by atoms with Gasteiger partial charge in [0, 0.05) is 25.9 Å². The highest BCUT2D eigenvalue weighted by atomic mass is 16.6. The molecule has 0 radical (unpaired) electrons. The van der Waals surface area contributed by atoms with Crippen molar-refractivity contribution in [2.24, 2.45) is 0 Å². The summed E-state index contributed by atoms with van der Waals surface area (Å²) in [5.41, 5.74) is -1.73. The minimum absolute atomic E-state index is 0.0433. The van der Waals surface area contributed by atoms with E-state index in [-0.39, 0.29) is 24.8 Å². The van der Waals surface area contributed by atoms with E-state index in [0.29, 0.717) is 25.8 Å².